The standard InChI is InChI=1S/C19H27N5O4/c1-2-27-16-13-14(20)7-8-15(16)17-21-22-18(28-17)24(19(25)26)12-6-11-23-9-4-3-5-10-23/h7-8,13H,2-6,9-12,20H2,1H3,(H,25,26). The molecule has 1 amide bonds. The zero-order chi connectivity index (χ0) is 19.9. The van der Waals surface area contributed by atoms with E-state index in [2.05, 4.69) is 15.1 Å². The van der Waals surface area contributed by atoms with Crippen LogP contribution in [-0.4, -0.2) is 59.1 Å². The van der Waals surface area contributed by atoms with Crippen molar-refractivity contribution in [1.29, 1.82) is 0 Å². The predicted molar refractivity (Wildman–Crippen MR) is 106 cm³/mol. The highest BCUT2D eigenvalue weighted by atomic mass is 16.5. The van der Waals surface area contributed by atoms with Gasteiger partial charge in [0.15, 0.2) is 0 Å². The summed E-state index contributed by atoms with van der Waals surface area (Å²) >= 11 is 0. The van der Waals surface area contributed by atoms with Crippen molar-refractivity contribution in [2.45, 2.75) is 32.6 Å². The lowest BCUT2D eigenvalue weighted by molar-refractivity contribution is 0.197. The van der Waals surface area contributed by atoms with Crippen molar-refractivity contribution < 1.29 is 19.1 Å². The van der Waals surface area contributed by atoms with E-state index >= 15 is 0 Å². The van der Waals surface area contributed by atoms with Crippen molar-refractivity contribution in [2.24, 2.45) is 0 Å². The Bertz CT molecular complexity index is 788. The van der Waals surface area contributed by atoms with Gasteiger partial charge in [0.25, 0.3) is 5.89 Å². The van der Waals surface area contributed by atoms with Gasteiger partial charge in [-0.2, -0.15) is 0 Å². The maximum absolute atomic E-state index is 11.7. The van der Waals surface area contributed by atoms with Crippen LogP contribution < -0.4 is 15.4 Å². The number of nitrogens with zero attached hydrogens (tertiary/aromatic N) is 4. The molecule has 1 aromatic heterocycles. The number of piperidine rings is 1. The first kappa shape index (κ1) is 19.9. The van der Waals surface area contributed by atoms with Gasteiger partial charge >= 0.3 is 12.1 Å². The zero-order valence-corrected chi connectivity index (χ0v) is 16.1. The number of ether oxygens (including phenoxy) is 1. The molecule has 3 N–H and O–H groups in total. The number of likely N-dealkylation sites (tertiary alicyclic amines) is 1. The summed E-state index contributed by atoms with van der Waals surface area (Å²) in [5, 5.41) is 17.5. The lowest BCUT2D eigenvalue weighted by Gasteiger charge is -2.26. The van der Waals surface area contributed by atoms with E-state index in [0.717, 1.165) is 24.5 Å². The van der Waals surface area contributed by atoms with Crippen LogP contribution in [0.25, 0.3) is 11.5 Å². The van der Waals surface area contributed by atoms with Crippen molar-refractivity contribution in [3.8, 4) is 17.2 Å². The molecule has 2 heterocycles. The zero-order valence-electron chi connectivity index (χ0n) is 16.1. The van der Waals surface area contributed by atoms with E-state index < -0.39 is 6.09 Å². The number of amides is 1. The minimum absolute atomic E-state index is 0.0413. The number of hydrogen-bond acceptors (Lipinski definition) is 7. The van der Waals surface area contributed by atoms with Crippen molar-refractivity contribution >= 4 is 17.8 Å². The summed E-state index contributed by atoms with van der Waals surface area (Å²) in [4.78, 5) is 15.1. The first-order valence-electron chi connectivity index (χ1n) is 9.67. The Morgan fingerprint density at radius 2 is 2.11 bits per heavy atom. The highest BCUT2D eigenvalue weighted by Gasteiger charge is 2.23. The molecule has 9 heteroatoms. The number of carboxylic acid groups (broad SMARTS) is 1. The van der Waals surface area contributed by atoms with Gasteiger partial charge in [-0.1, -0.05) is 11.5 Å². The quantitative estimate of drug-likeness (QED) is 0.661. The minimum Gasteiger partial charge on any atom is -0.493 e. The SMILES string of the molecule is CCOc1cc(N)ccc1-c1nnc(N(CCCN2CCCCC2)C(=O)O)o1. The molecular weight excluding hydrogens is 362 g/mol. The molecule has 152 valence electrons. The van der Waals surface area contributed by atoms with Crippen LogP contribution in [0.4, 0.5) is 16.5 Å². The third kappa shape index (κ3) is 4.92. The number of nitrogens with two attached hydrogens (primary N) is 1. The van der Waals surface area contributed by atoms with E-state index in [-0.39, 0.29) is 11.9 Å². The lowest BCUT2D eigenvalue weighted by atomic mass is 10.1. The Balaban J connectivity index is 1.70. The summed E-state index contributed by atoms with van der Waals surface area (Å²) < 4.78 is 11.2. The molecule has 2 aromatic rings. The summed E-state index contributed by atoms with van der Waals surface area (Å²) in [6.45, 7) is 5.63. The number of anilines is 2. The van der Waals surface area contributed by atoms with E-state index in [9.17, 15) is 9.90 Å². The number of benzene rings is 1. The van der Waals surface area contributed by atoms with Crippen molar-refractivity contribution in [3.63, 3.8) is 0 Å². The summed E-state index contributed by atoms with van der Waals surface area (Å²) in [5.41, 5.74) is 6.94. The lowest BCUT2D eigenvalue weighted by Crippen LogP contribution is -2.35. The second kappa shape index (κ2) is 9.41. The Labute approximate surface area is 164 Å². The predicted octanol–water partition coefficient (Wildman–Crippen LogP) is 3.08. The molecule has 3 rings (SSSR count). The first-order chi connectivity index (χ1) is 13.6. The van der Waals surface area contributed by atoms with Gasteiger partial charge in [0.2, 0.25) is 0 Å². The second-order valence-corrected chi connectivity index (χ2v) is 6.77. The Morgan fingerprint density at radius 1 is 1.32 bits per heavy atom. The number of rotatable bonds is 8. The smallest absolute Gasteiger partial charge is 0.415 e. The van der Waals surface area contributed by atoms with Gasteiger partial charge in [-0.05, 0) is 58.0 Å². The number of nitrogen functional groups attached to an aromatic ring is 1. The van der Waals surface area contributed by atoms with E-state index in [1.807, 2.05) is 6.92 Å². The molecule has 0 atom stereocenters. The molecule has 1 aliphatic rings. The molecule has 9 nitrogen and oxygen atoms in total. The highest BCUT2D eigenvalue weighted by Crippen LogP contribution is 2.32. The van der Waals surface area contributed by atoms with Gasteiger partial charge in [0.1, 0.15) is 5.75 Å². The van der Waals surface area contributed by atoms with Gasteiger partial charge in [-0.25, -0.2) is 9.69 Å². The monoisotopic (exact) mass is 389 g/mol. The number of aromatic nitrogens is 2. The fraction of sp³-hybridized carbons (Fsp3) is 0.526. The van der Waals surface area contributed by atoms with Crippen LogP contribution in [0.15, 0.2) is 22.6 Å². The Kier molecular flexibility index (Phi) is 6.70. The summed E-state index contributed by atoms with van der Waals surface area (Å²) in [5.74, 6) is 0.713. The molecule has 1 aromatic carbocycles. The van der Waals surface area contributed by atoms with E-state index in [1.54, 1.807) is 18.2 Å². The van der Waals surface area contributed by atoms with Gasteiger partial charge in [-0.15, -0.1) is 5.10 Å². The van der Waals surface area contributed by atoms with E-state index in [1.165, 1.54) is 19.3 Å². The summed E-state index contributed by atoms with van der Waals surface area (Å²) in [6, 6.07) is 5.06. The van der Waals surface area contributed by atoms with Crippen LogP contribution in [0.2, 0.25) is 0 Å². The average molecular weight is 389 g/mol. The maximum atomic E-state index is 11.7. The van der Waals surface area contributed by atoms with Gasteiger partial charge < -0.3 is 24.9 Å². The second-order valence-electron chi connectivity index (χ2n) is 6.77. The van der Waals surface area contributed by atoms with Crippen molar-refractivity contribution in [1.82, 2.24) is 15.1 Å². The number of carbonyl (C=O) groups is 1. The van der Waals surface area contributed by atoms with Crippen LogP contribution >= 0.6 is 0 Å². The minimum atomic E-state index is -1.11. The third-order valence-electron chi connectivity index (χ3n) is 4.72. The fourth-order valence-corrected chi connectivity index (χ4v) is 3.33. The van der Waals surface area contributed by atoms with Crippen LogP contribution in [0.5, 0.6) is 5.75 Å². The molecule has 1 saturated heterocycles. The molecule has 0 saturated carbocycles. The van der Waals surface area contributed by atoms with Crippen molar-refractivity contribution in [2.75, 3.05) is 43.4 Å². The molecule has 1 fully saturated rings. The van der Waals surface area contributed by atoms with Crippen LogP contribution in [0, 0.1) is 0 Å². The molecule has 28 heavy (non-hydrogen) atoms. The van der Waals surface area contributed by atoms with Crippen LogP contribution in [0.3, 0.4) is 0 Å². The number of hydrogen-bond donors (Lipinski definition) is 2. The molecule has 0 spiro atoms. The largest absolute Gasteiger partial charge is 0.493 e. The summed E-state index contributed by atoms with van der Waals surface area (Å²) in [7, 11) is 0. The molecular formula is C19H27N5O4. The highest BCUT2D eigenvalue weighted by molar-refractivity contribution is 5.83. The molecule has 1 aliphatic heterocycles. The van der Waals surface area contributed by atoms with Crippen LogP contribution in [0.1, 0.15) is 32.6 Å². The topological polar surface area (TPSA) is 118 Å². The van der Waals surface area contributed by atoms with Crippen LogP contribution in [-0.2, 0) is 0 Å². The fourth-order valence-electron chi connectivity index (χ4n) is 3.33. The van der Waals surface area contributed by atoms with Crippen molar-refractivity contribution in [3.05, 3.63) is 18.2 Å². The van der Waals surface area contributed by atoms with Gasteiger partial charge in [0, 0.05) is 18.3 Å². The Morgan fingerprint density at radius 3 is 2.82 bits per heavy atom. The average Bonchev–Trinajstić information content (AvgIpc) is 3.15. The summed E-state index contributed by atoms with van der Waals surface area (Å²) in [6.07, 6.45) is 3.28. The van der Waals surface area contributed by atoms with Gasteiger partial charge in [0.05, 0.1) is 12.2 Å². The van der Waals surface area contributed by atoms with E-state index in [4.69, 9.17) is 14.9 Å². The maximum Gasteiger partial charge on any atom is 0.415 e. The molecule has 0 bridgehead atoms. The molecule has 0 radical (unpaired) electrons. The molecule has 0 unspecified atom stereocenters. The van der Waals surface area contributed by atoms with Gasteiger partial charge in [-0.3, -0.25) is 0 Å². The third-order valence-corrected chi connectivity index (χ3v) is 4.72. The normalized spacial score (nSPS) is 14.8. The Hall–Kier alpha value is -2.81. The first-order valence-corrected chi connectivity index (χ1v) is 9.67. The molecule has 0 aliphatic carbocycles. The van der Waals surface area contributed by atoms with E-state index in [0.29, 0.717) is 36.6 Å².